The van der Waals surface area contributed by atoms with E-state index in [2.05, 4.69) is 25.9 Å². The highest BCUT2D eigenvalue weighted by atomic mass is 16.5. The van der Waals surface area contributed by atoms with Gasteiger partial charge in [-0.05, 0) is 57.2 Å². The van der Waals surface area contributed by atoms with E-state index >= 15 is 0 Å². The molecule has 156 valence electrons. The van der Waals surface area contributed by atoms with E-state index < -0.39 is 0 Å². The largest absolute Gasteiger partial charge is 0.497 e. The summed E-state index contributed by atoms with van der Waals surface area (Å²) in [6.07, 6.45) is 0. The van der Waals surface area contributed by atoms with Crippen molar-refractivity contribution < 1.29 is 9.53 Å². The number of anilines is 3. The third-order valence-electron chi connectivity index (χ3n) is 4.39. The predicted octanol–water partition coefficient (Wildman–Crippen LogP) is 4.00. The maximum atomic E-state index is 12.3. The summed E-state index contributed by atoms with van der Waals surface area (Å²) in [4.78, 5) is 21.2. The molecule has 0 atom stereocenters. The predicted molar refractivity (Wildman–Crippen MR) is 120 cm³/mol. The molecule has 0 radical (unpaired) electrons. The zero-order valence-electron chi connectivity index (χ0n) is 17.7. The van der Waals surface area contributed by atoms with Gasteiger partial charge in [0.1, 0.15) is 11.6 Å². The molecule has 3 N–H and O–H groups in total. The van der Waals surface area contributed by atoms with Crippen LogP contribution in [0, 0.1) is 20.8 Å². The molecule has 30 heavy (non-hydrogen) atoms. The molecular weight excluding hydrogens is 378 g/mol. The summed E-state index contributed by atoms with van der Waals surface area (Å²) in [5.41, 5.74) is 4.56. The van der Waals surface area contributed by atoms with E-state index in [-0.39, 0.29) is 5.91 Å². The van der Waals surface area contributed by atoms with Crippen molar-refractivity contribution in [3.8, 4) is 5.75 Å². The van der Waals surface area contributed by atoms with Crippen molar-refractivity contribution in [3.63, 3.8) is 0 Å². The van der Waals surface area contributed by atoms with E-state index in [9.17, 15) is 4.79 Å². The molecule has 3 rings (SSSR count). The van der Waals surface area contributed by atoms with E-state index in [4.69, 9.17) is 4.74 Å². The number of hydrogen-bond acceptors (Lipinski definition) is 6. The molecular formula is C23H27N5O2. The van der Waals surface area contributed by atoms with Gasteiger partial charge in [-0.2, -0.15) is 4.98 Å². The number of aromatic nitrogens is 2. The van der Waals surface area contributed by atoms with Crippen LogP contribution in [0.25, 0.3) is 0 Å². The van der Waals surface area contributed by atoms with Crippen LogP contribution in [0.5, 0.6) is 5.75 Å². The molecule has 0 aliphatic carbocycles. The van der Waals surface area contributed by atoms with Crippen LogP contribution in [-0.2, 0) is 0 Å². The van der Waals surface area contributed by atoms with E-state index in [1.165, 1.54) is 0 Å². The quantitative estimate of drug-likeness (QED) is 0.491. The molecule has 0 aliphatic rings. The third kappa shape index (κ3) is 5.94. The van der Waals surface area contributed by atoms with Crippen molar-refractivity contribution in [1.29, 1.82) is 0 Å². The Kier molecular flexibility index (Phi) is 6.85. The number of rotatable bonds is 8. The first-order chi connectivity index (χ1) is 14.4. The van der Waals surface area contributed by atoms with Gasteiger partial charge in [-0.1, -0.05) is 17.2 Å². The van der Waals surface area contributed by atoms with Gasteiger partial charge in [0.15, 0.2) is 0 Å². The average molecular weight is 406 g/mol. The lowest BCUT2D eigenvalue weighted by Crippen LogP contribution is -2.29. The van der Waals surface area contributed by atoms with Gasteiger partial charge in [-0.15, -0.1) is 0 Å². The average Bonchev–Trinajstić information content (AvgIpc) is 2.70. The summed E-state index contributed by atoms with van der Waals surface area (Å²) in [6.45, 7) is 6.86. The van der Waals surface area contributed by atoms with Gasteiger partial charge in [-0.25, -0.2) is 4.98 Å². The van der Waals surface area contributed by atoms with Gasteiger partial charge >= 0.3 is 0 Å². The van der Waals surface area contributed by atoms with Crippen LogP contribution in [0.3, 0.4) is 0 Å². The van der Waals surface area contributed by atoms with Crippen molar-refractivity contribution >= 4 is 23.4 Å². The highest BCUT2D eigenvalue weighted by Crippen LogP contribution is 2.20. The van der Waals surface area contributed by atoms with Gasteiger partial charge in [0.2, 0.25) is 5.95 Å². The van der Waals surface area contributed by atoms with Crippen molar-refractivity contribution in [2.24, 2.45) is 0 Å². The molecule has 1 amide bonds. The fraction of sp³-hybridized carbons (Fsp3) is 0.261. The van der Waals surface area contributed by atoms with Gasteiger partial charge in [-0.3, -0.25) is 4.79 Å². The minimum Gasteiger partial charge on any atom is -0.497 e. The number of hydrogen-bond donors (Lipinski definition) is 3. The Morgan fingerprint density at radius 2 is 1.63 bits per heavy atom. The van der Waals surface area contributed by atoms with Crippen LogP contribution in [0.2, 0.25) is 0 Å². The summed E-state index contributed by atoms with van der Waals surface area (Å²) in [5.74, 6) is 1.90. The Hall–Kier alpha value is -3.61. The van der Waals surface area contributed by atoms with E-state index in [1.54, 1.807) is 7.11 Å². The minimum atomic E-state index is -0.0874. The summed E-state index contributed by atoms with van der Waals surface area (Å²) >= 11 is 0. The number of carbonyl (C=O) groups excluding carboxylic acids is 1. The molecule has 2 aromatic carbocycles. The Bertz CT molecular complexity index is 998. The Morgan fingerprint density at radius 3 is 2.30 bits per heavy atom. The number of methoxy groups -OCH3 is 1. The van der Waals surface area contributed by atoms with Crippen molar-refractivity contribution in [2.45, 2.75) is 20.8 Å². The van der Waals surface area contributed by atoms with E-state index in [0.29, 0.717) is 30.4 Å². The molecule has 0 aliphatic heterocycles. The molecule has 1 heterocycles. The number of amides is 1. The first kappa shape index (κ1) is 21.1. The van der Waals surface area contributed by atoms with E-state index in [0.717, 1.165) is 28.3 Å². The maximum absolute atomic E-state index is 12.3. The van der Waals surface area contributed by atoms with Crippen LogP contribution in [0.1, 0.15) is 27.2 Å². The van der Waals surface area contributed by atoms with Crippen LogP contribution in [-0.4, -0.2) is 36.1 Å². The fourth-order valence-electron chi connectivity index (χ4n) is 3.09. The van der Waals surface area contributed by atoms with E-state index in [1.807, 2.05) is 69.3 Å². The second-order valence-electron chi connectivity index (χ2n) is 7.13. The molecule has 0 fully saturated rings. The summed E-state index contributed by atoms with van der Waals surface area (Å²) in [7, 11) is 1.64. The van der Waals surface area contributed by atoms with Crippen LogP contribution >= 0.6 is 0 Å². The van der Waals surface area contributed by atoms with Crippen LogP contribution in [0.4, 0.5) is 17.5 Å². The van der Waals surface area contributed by atoms with Crippen molar-refractivity contribution in [2.75, 3.05) is 30.8 Å². The summed E-state index contributed by atoms with van der Waals surface area (Å²) in [6, 6.07) is 15.3. The monoisotopic (exact) mass is 405 g/mol. The lowest BCUT2D eigenvalue weighted by Gasteiger charge is -2.11. The number of nitrogens with one attached hydrogen (secondary N) is 3. The number of benzene rings is 2. The molecule has 0 bridgehead atoms. The number of aryl methyl sites for hydroxylation is 3. The SMILES string of the molecule is COc1ccc(Nc2cc(C)nc(NCCNC(=O)c3cc(C)cc(C)c3)n2)cc1. The number of ether oxygens (including phenoxy) is 1. The second-order valence-corrected chi connectivity index (χ2v) is 7.13. The summed E-state index contributed by atoms with van der Waals surface area (Å²) in [5, 5.41) is 9.34. The van der Waals surface area contributed by atoms with Crippen LogP contribution < -0.4 is 20.7 Å². The summed E-state index contributed by atoms with van der Waals surface area (Å²) < 4.78 is 5.18. The Labute approximate surface area is 176 Å². The highest BCUT2D eigenvalue weighted by molar-refractivity contribution is 5.94. The molecule has 0 saturated heterocycles. The lowest BCUT2D eigenvalue weighted by molar-refractivity contribution is 0.0955. The van der Waals surface area contributed by atoms with Crippen molar-refractivity contribution in [3.05, 3.63) is 70.9 Å². The number of carbonyl (C=O) groups is 1. The molecule has 0 unspecified atom stereocenters. The van der Waals surface area contributed by atoms with Gasteiger partial charge in [0, 0.05) is 36.1 Å². The zero-order valence-corrected chi connectivity index (χ0v) is 17.7. The van der Waals surface area contributed by atoms with Crippen LogP contribution in [0.15, 0.2) is 48.5 Å². The Morgan fingerprint density at radius 1 is 0.933 bits per heavy atom. The molecule has 7 heteroatoms. The lowest BCUT2D eigenvalue weighted by atomic mass is 10.1. The normalized spacial score (nSPS) is 10.4. The standard InChI is InChI=1S/C23H27N5O2/c1-15-11-16(2)13-18(12-15)22(29)24-9-10-25-23-26-17(3)14-21(28-23)27-19-5-7-20(30-4)8-6-19/h5-8,11-14H,9-10H2,1-4H3,(H,24,29)(H2,25,26,27,28). The molecule has 7 nitrogen and oxygen atoms in total. The topological polar surface area (TPSA) is 88.2 Å². The molecule has 0 saturated carbocycles. The molecule has 1 aromatic heterocycles. The molecule has 3 aromatic rings. The third-order valence-corrected chi connectivity index (χ3v) is 4.39. The second kappa shape index (κ2) is 9.73. The highest BCUT2D eigenvalue weighted by Gasteiger charge is 2.07. The fourth-order valence-corrected chi connectivity index (χ4v) is 3.09. The zero-order chi connectivity index (χ0) is 21.5. The first-order valence-electron chi connectivity index (χ1n) is 9.80. The number of nitrogens with zero attached hydrogens (tertiary/aromatic N) is 2. The maximum Gasteiger partial charge on any atom is 0.251 e. The van der Waals surface area contributed by atoms with Gasteiger partial charge in [0.05, 0.1) is 7.11 Å². The first-order valence-corrected chi connectivity index (χ1v) is 9.80. The minimum absolute atomic E-state index is 0.0874. The van der Waals surface area contributed by atoms with Gasteiger partial charge < -0.3 is 20.7 Å². The smallest absolute Gasteiger partial charge is 0.251 e. The van der Waals surface area contributed by atoms with Gasteiger partial charge in [0.25, 0.3) is 5.91 Å². The Balaban J connectivity index is 1.54. The van der Waals surface area contributed by atoms with Crippen molar-refractivity contribution in [1.82, 2.24) is 15.3 Å². The molecule has 0 spiro atoms.